The maximum Gasteiger partial charge on any atom is 0.258 e. The molecule has 2 aromatic rings. The summed E-state index contributed by atoms with van der Waals surface area (Å²) in [5, 5.41) is 0. The third-order valence-electron chi connectivity index (χ3n) is 5.02. The fraction of sp³-hybridized carbons (Fsp3) is 0.476. The van der Waals surface area contributed by atoms with Crippen LogP contribution in [-0.4, -0.2) is 63.0 Å². The van der Waals surface area contributed by atoms with Crippen LogP contribution in [0.1, 0.15) is 35.7 Å². The molecule has 0 radical (unpaired) electrons. The molecule has 0 bridgehead atoms. The van der Waals surface area contributed by atoms with E-state index in [9.17, 15) is 13.2 Å². The van der Waals surface area contributed by atoms with Crippen molar-refractivity contribution in [1.29, 1.82) is 0 Å². The molecular formula is C21H28N2O6S. The summed E-state index contributed by atoms with van der Waals surface area (Å²) in [5.41, 5.74) is 0.198. The van der Waals surface area contributed by atoms with Crippen LogP contribution in [0, 0.1) is 6.92 Å². The van der Waals surface area contributed by atoms with Gasteiger partial charge >= 0.3 is 0 Å². The molecule has 3 rings (SSSR count). The Morgan fingerprint density at radius 3 is 2.47 bits per heavy atom. The average Bonchev–Trinajstić information content (AvgIpc) is 3.16. The van der Waals surface area contributed by atoms with Crippen molar-refractivity contribution >= 4 is 15.9 Å². The van der Waals surface area contributed by atoms with E-state index in [1.807, 2.05) is 32.9 Å². The second-order valence-electron chi connectivity index (χ2n) is 7.42. The molecule has 30 heavy (non-hydrogen) atoms. The average molecular weight is 437 g/mol. The molecule has 9 heteroatoms. The third kappa shape index (κ3) is 4.69. The van der Waals surface area contributed by atoms with Crippen molar-refractivity contribution in [3.05, 3.63) is 47.4 Å². The summed E-state index contributed by atoms with van der Waals surface area (Å²) in [6.07, 6.45) is 0. The highest BCUT2D eigenvalue weighted by Crippen LogP contribution is 2.27. The van der Waals surface area contributed by atoms with Crippen LogP contribution < -0.4 is 4.74 Å². The second kappa shape index (κ2) is 9.20. The summed E-state index contributed by atoms with van der Waals surface area (Å²) in [4.78, 5) is 15.1. The van der Waals surface area contributed by atoms with E-state index in [0.29, 0.717) is 24.7 Å². The van der Waals surface area contributed by atoms with Crippen molar-refractivity contribution < 1.29 is 27.1 Å². The van der Waals surface area contributed by atoms with Crippen molar-refractivity contribution in [3.63, 3.8) is 0 Å². The van der Waals surface area contributed by atoms with Crippen LogP contribution in [0.15, 0.2) is 39.6 Å². The summed E-state index contributed by atoms with van der Waals surface area (Å²) < 4.78 is 43.7. The normalized spacial score (nSPS) is 15.4. The van der Waals surface area contributed by atoms with Crippen LogP contribution in [0.4, 0.5) is 0 Å². The monoisotopic (exact) mass is 436 g/mol. The first-order valence-corrected chi connectivity index (χ1v) is 11.3. The zero-order valence-electron chi connectivity index (χ0n) is 17.8. The number of hydrogen-bond donors (Lipinski definition) is 0. The highest BCUT2D eigenvalue weighted by molar-refractivity contribution is 7.89. The van der Waals surface area contributed by atoms with E-state index >= 15 is 0 Å². The van der Waals surface area contributed by atoms with E-state index in [0.717, 1.165) is 5.76 Å². The molecule has 1 aromatic carbocycles. The summed E-state index contributed by atoms with van der Waals surface area (Å²) in [7, 11) is -2.28. The molecule has 0 unspecified atom stereocenters. The first-order chi connectivity index (χ1) is 14.2. The van der Waals surface area contributed by atoms with Gasteiger partial charge in [0.25, 0.3) is 5.91 Å². The lowest BCUT2D eigenvalue weighted by molar-refractivity contribution is 0.0671. The van der Waals surface area contributed by atoms with Crippen LogP contribution in [0.2, 0.25) is 0 Å². The largest absolute Gasteiger partial charge is 0.496 e. The van der Waals surface area contributed by atoms with Gasteiger partial charge in [-0.05, 0) is 51.1 Å². The number of aryl methyl sites for hydroxylation is 1. The molecule has 8 nitrogen and oxygen atoms in total. The molecule has 1 saturated heterocycles. The summed E-state index contributed by atoms with van der Waals surface area (Å²) in [5.74, 6) is 1.42. The standard InChI is InChI=1S/C21H28N2O6S/c1-15(2)23(14-17-6-5-16(3)29-17)21(24)19-13-18(7-8-20(19)27-4)30(25,26)22-9-11-28-12-10-22/h5-8,13,15H,9-12,14H2,1-4H3. The van der Waals surface area contributed by atoms with Crippen LogP contribution in [0.3, 0.4) is 0 Å². The quantitative estimate of drug-likeness (QED) is 0.663. The van der Waals surface area contributed by atoms with Gasteiger partial charge in [0.15, 0.2) is 0 Å². The number of carbonyl (C=O) groups is 1. The van der Waals surface area contributed by atoms with E-state index in [4.69, 9.17) is 13.9 Å². The molecule has 0 N–H and O–H groups in total. The highest BCUT2D eigenvalue weighted by atomic mass is 32.2. The number of sulfonamides is 1. The lowest BCUT2D eigenvalue weighted by atomic mass is 10.1. The van der Waals surface area contributed by atoms with Crippen LogP contribution in [0.25, 0.3) is 0 Å². The van der Waals surface area contributed by atoms with Crippen molar-refractivity contribution in [1.82, 2.24) is 9.21 Å². The number of methoxy groups -OCH3 is 1. The zero-order valence-corrected chi connectivity index (χ0v) is 18.6. The number of ether oxygens (including phenoxy) is 2. The van der Waals surface area contributed by atoms with Gasteiger partial charge < -0.3 is 18.8 Å². The van der Waals surface area contributed by atoms with Crippen molar-refractivity contribution in [2.24, 2.45) is 0 Å². The first kappa shape index (κ1) is 22.3. The minimum Gasteiger partial charge on any atom is -0.496 e. The topological polar surface area (TPSA) is 89.3 Å². The molecule has 2 heterocycles. The number of rotatable bonds is 7. The minimum atomic E-state index is -3.74. The van der Waals surface area contributed by atoms with Crippen LogP contribution in [-0.2, 0) is 21.3 Å². The smallest absolute Gasteiger partial charge is 0.258 e. The van der Waals surface area contributed by atoms with Crippen molar-refractivity contribution in [3.8, 4) is 5.75 Å². The Labute approximate surface area is 177 Å². The van der Waals surface area contributed by atoms with E-state index in [-0.39, 0.29) is 42.0 Å². The molecule has 0 saturated carbocycles. The number of carbonyl (C=O) groups excluding carboxylic acids is 1. The summed E-state index contributed by atoms with van der Waals surface area (Å²) in [6.45, 7) is 7.18. The van der Waals surface area contributed by atoms with Crippen LogP contribution >= 0.6 is 0 Å². The molecule has 164 valence electrons. The fourth-order valence-electron chi connectivity index (χ4n) is 3.33. The maximum absolute atomic E-state index is 13.4. The minimum absolute atomic E-state index is 0.0612. The highest BCUT2D eigenvalue weighted by Gasteiger charge is 2.30. The lowest BCUT2D eigenvalue weighted by Crippen LogP contribution is -2.40. The van der Waals surface area contributed by atoms with Gasteiger partial charge in [0.1, 0.15) is 17.3 Å². The van der Waals surface area contributed by atoms with Gasteiger partial charge in [-0.2, -0.15) is 4.31 Å². The van der Waals surface area contributed by atoms with Crippen LogP contribution in [0.5, 0.6) is 5.75 Å². The fourth-order valence-corrected chi connectivity index (χ4v) is 4.77. The maximum atomic E-state index is 13.4. The number of benzene rings is 1. The Morgan fingerprint density at radius 1 is 1.20 bits per heavy atom. The molecule has 1 aliphatic rings. The van der Waals surface area contributed by atoms with Crippen molar-refractivity contribution in [2.45, 2.75) is 38.3 Å². The molecule has 1 aliphatic heterocycles. The Balaban J connectivity index is 1.96. The predicted octanol–water partition coefficient (Wildman–Crippen LogP) is 2.67. The molecule has 0 aliphatic carbocycles. The van der Waals surface area contributed by atoms with Gasteiger partial charge in [-0.15, -0.1) is 0 Å². The van der Waals surface area contributed by atoms with Gasteiger partial charge in [0.05, 0.1) is 37.3 Å². The molecule has 1 amide bonds. The number of amides is 1. The van der Waals surface area contributed by atoms with E-state index in [1.54, 1.807) is 4.90 Å². The number of nitrogens with zero attached hydrogens (tertiary/aromatic N) is 2. The Hall–Kier alpha value is -2.36. The first-order valence-electron chi connectivity index (χ1n) is 9.86. The molecule has 1 aromatic heterocycles. The molecule has 0 atom stereocenters. The second-order valence-corrected chi connectivity index (χ2v) is 9.36. The van der Waals surface area contributed by atoms with Gasteiger partial charge in [0.2, 0.25) is 10.0 Å². The Kier molecular flexibility index (Phi) is 6.84. The van der Waals surface area contributed by atoms with E-state index in [1.165, 1.54) is 29.6 Å². The zero-order chi connectivity index (χ0) is 21.9. The van der Waals surface area contributed by atoms with E-state index < -0.39 is 10.0 Å². The lowest BCUT2D eigenvalue weighted by Gasteiger charge is -2.28. The van der Waals surface area contributed by atoms with Crippen molar-refractivity contribution in [2.75, 3.05) is 33.4 Å². The predicted molar refractivity (Wildman–Crippen MR) is 111 cm³/mol. The molecule has 0 spiro atoms. The van der Waals surface area contributed by atoms with Gasteiger partial charge in [0, 0.05) is 19.1 Å². The summed E-state index contributed by atoms with van der Waals surface area (Å²) in [6, 6.07) is 7.93. The molecular weight excluding hydrogens is 408 g/mol. The number of morpholine rings is 1. The van der Waals surface area contributed by atoms with E-state index in [2.05, 4.69) is 0 Å². The van der Waals surface area contributed by atoms with Gasteiger partial charge in [-0.1, -0.05) is 0 Å². The molecule has 1 fully saturated rings. The SMILES string of the molecule is COc1ccc(S(=O)(=O)N2CCOCC2)cc1C(=O)N(Cc1ccc(C)o1)C(C)C. The Morgan fingerprint density at radius 2 is 1.90 bits per heavy atom. The third-order valence-corrected chi connectivity index (χ3v) is 6.91. The number of hydrogen-bond acceptors (Lipinski definition) is 6. The summed E-state index contributed by atoms with van der Waals surface area (Å²) >= 11 is 0. The number of furan rings is 1. The van der Waals surface area contributed by atoms with Gasteiger partial charge in [-0.25, -0.2) is 8.42 Å². The Bertz CT molecular complexity index is 993. The van der Waals surface area contributed by atoms with Gasteiger partial charge in [-0.3, -0.25) is 4.79 Å².